The first kappa shape index (κ1) is 22.4. The van der Waals surface area contributed by atoms with Crippen LogP contribution in [-0.2, 0) is 22.7 Å². The number of carbonyl (C=O) groups excluding carboxylic acids is 1. The molecule has 0 spiro atoms. The maximum absolute atomic E-state index is 12.7. The van der Waals surface area contributed by atoms with Crippen molar-refractivity contribution in [1.82, 2.24) is 4.57 Å². The van der Waals surface area contributed by atoms with Gasteiger partial charge in [-0.3, -0.25) is 9.59 Å². The molecule has 0 aliphatic carbocycles. The van der Waals surface area contributed by atoms with Crippen LogP contribution in [0.5, 0.6) is 5.75 Å². The number of amides is 1. The maximum Gasteiger partial charge on any atom is 0.323 e. The third kappa shape index (κ3) is 5.31. The normalized spacial score (nSPS) is 11.1. The third-order valence-electron chi connectivity index (χ3n) is 5.15. The number of anilines is 1. The molecule has 34 heavy (non-hydrogen) atoms. The molecule has 0 bridgehead atoms. The predicted molar refractivity (Wildman–Crippen MR) is 129 cm³/mol. The number of hydrogen-bond donors (Lipinski definition) is 2. The summed E-state index contributed by atoms with van der Waals surface area (Å²) in [6.07, 6.45) is 3.09. The van der Waals surface area contributed by atoms with E-state index in [2.05, 4.69) is 5.32 Å². The maximum atomic E-state index is 12.7. The molecule has 0 radical (unpaired) electrons. The van der Waals surface area contributed by atoms with E-state index in [1.165, 1.54) is 6.08 Å². The van der Waals surface area contributed by atoms with Crippen molar-refractivity contribution in [1.29, 1.82) is 5.26 Å². The van der Waals surface area contributed by atoms with Crippen molar-refractivity contribution in [3.8, 4) is 11.8 Å². The van der Waals surface area contributed by atoms with Crippen LogP contribution in [0.25, 0.3) is 17.0 Å². The number of rotatable bonds is 8. The van der Waals surface area contributed by atoms with Crippen molar-refractivity contribution < 1.29 is 19.4 Å². The topological polar surface area (TPSA) is 104 Å². The Morgan fingerprint density at radius 1 is 1.00 bits per heavy atom. The average Bonchev–Trinajstić information content (AvgIpc) is 3.19. The van der Waals surface area contributed by atoms with E-state index in [9.17, 15) is 14.9 Å². The molecule has 0 saturated heterocycles. The molecule has 0 aliphatic heterocycles. The molecule has 7 heteroatoms. The fraction of sp³-hybridized carbons (Fsp3) is 0.0741. The minimum atomic E-state index is -0.981. The van der Waals surface area contributed by atoms with Crippen molar-refractivity contribution in [3.05, 3.63) is 102 Å². The lowest BCUT2D eigenvalue weighted by molar-refractivity contribution is -0.137. The van der Waals surface area contributed by atoms with Gasteiger partial charge in [-0.25, -0.2) is 0 Å². The van der Waals surface area contributed by atoms with Gasteiger partial charge >= 0.3 is 5.97 Å². The first-order chi connectivity index (χ1) is 16.5. The van der Waals surface area contributed by atoms with Gasteiger partial charge in [0.2, 0.25) is 0 Å². The highest BCUT2D eigenvalue weighted by atomic mass is 16.5. The average molecular weight is 451 g/mol. The van der Waals surface area contributed by atoms with Crippen molar-refractivity contribution in [2.45, 2.75) is 13.2 Å². The van der Waals surface area contributed by atoms with Gasteiger partial charge in [-0.2, -0.15) is 5.26 Å². The number of carbonyl (C=O) groups is 2. The molecular weight excluding hydrogens is 430 g/mol. The molecule has 7 nitrogen and oxygen atoms in total. The lowest BCUT2D eigenvalue weighted by atomic mass is 10.1. The van der Waals surface area contributed by atoms with Gasteiger partial charge < -0.3 is 19.7 Å². The van der Waals surface area contributed by atoms with E-state index in [-0.39, 0.29) is 12.1 Å². The number of aliphatic carboxylic acids is 1. The number of carboxylic acids is 1. The van der Waals surface area contributed by atoms with Gasteiger partial charge in [0.05, 0.1) is 0 Å². The van der Waals surface area contributed by atoms with Gasteiger partial charge in [0.25, 0.3) is 5.91 Å². The number of para-hydroxylation sites is 1. The number of nitrogens with one attached hydrogen (secondary N) is 1. The van der Waals surface area contributed by atoms with E-state index in [1.54, 1.807) is 47.2 Å². The molecule has 0 atom stereocenters. The van der Waals surface area contributed by atoms with Crippen molar-refractivity contribution in [2.75, 3.05) is 5.32 Å². The zero-order chi connectivity index (χ0) is 23.9. The number of nitrogens with zero attached hydrogens (tertiary/aromatic N) is 2. The van der Waals surface area contributed by atoms with E-state index < -0.39 is 11.9 Å². The number of carboxylic acid groups (broad SMARTS) is 1. The third-order valence-corrected chi connectivity index (χ3v) is 5.15. The summed E-state index contributed by atoms with van der Waals surface area (Å²) in [6.45, 7) is 0.213. The minimum absolute atomic E-state index is 0.0948. The van der Waals surface area contributed by atoms with Crippen LogP contribution in [0.2, 0.25) is 0 Å². The predicted octanol–water partition coefficient (Wildman–Crippen LogP) is 4.85. The summed E-state index contributed by atoms with van der Waals surface area (Å²) in [6, 6.07) is 25.8. The SMILES string of the molecule is N#CC(=Cc1cn(CC(=O)O)c2ccccc12)C(=O)Nc1ccc(OCc2ccccc2)cc1. The molecule has 0 unspecified atom stereocenters. The second-order valence-electron chi connectivity index (χ2n) is 7.55. The van der Waals surface area contributed by atoms with Crippen LogP contribution < -0.4 is 10.1 Å². The molecule has 4 aromatic rings. The van der Waals surface area contributed by atoms with Crippen LogP contribution in [0.4, 0.5) is 5.69 Å². The van der Waals surface area contributed by atoms with Crippen LogP contribution in [0.3, 0.4) is 0 Å². The van der Waals surface area contributed by atoms with Gasteiger partial charge in [0, 0.05) is 28.4 Å². The molecule has 0 saturated carbocycles. The molecule has 168 valence electrons. The van der Waals surface area contributed by atoms with Crippen molar-refractivity contribution in [2.24, 2.45) is 0 Å². The summed E-state index contributed by atoms with van der Waals surface area (Å²) >= 11 is 0. The van der Waals surface area contributed by atoms with Gasteiger partial charge in [0.1, 0.15) is 30.5 Å². The number of nitriles is 1. The Hall–Kier alpha value is -4.83. The Morgan fingerprint density at radius 3 is 2.41 bits per heavy atom. The summed E-state index contributed by atoms with van der Waals surface area (Å²) in [5.41, 5.74) is 2.77. The zero-order valence-corrected chi connectivity index (χ0v) is 18.1. The minimum Gasteiger partial charge on any atom is -0.489 e. The Balaban J connectivity index is 1.48. The largest absolute Gasteiger partial charge is 0.489 e. The first-order valence-corrected chi connectivity index (χ1v) is 10.5. The second-order valence-corrected chi connectivity index (χ2v) is 7.55. The summed E-state index contributed by atoms with van der Waals surface area (Å²) in [5.74, 6) is -0.884. The van der Waals surface area contributed by atoms with Gasteiger partial charge in [0.15, 0.2) is 0 Å². The summed E-state index contributed by atoms with van der Waals surface area (Å²) in [7, 11) is 0. The molecular formula is C27H21N3O4. The molecule has 3 aromatic carbocycles. The van der Waals surface area contributed by atoms with E-state index >= 15 is 0 Å². The van der Waals surface area contributed by atoms with Gasteiger partial charge in [-0.15, -0.1) is 0 Å². The molecule has 0 fully saturated rings. The standard InChI is InChI=1S/C27H21N3O4/c28-15-20(14-21-16-30(17-26(31)32)25-9-5-4-8-24(21)25)27(33)29-22-10-12-23(13-11-22)34-18-19-6-2-1-3-7-19/h1-14,16H,17-18H2,(H,29,33)(H,31,32). The van der Waals surface area contributed by atoms with E-state index in [4.69, 9.17) is 9.84 Å². The summed E-state index contributed by atoms with van der Waals surface area (Å²) in [5, 5.41) is 22.2. The van der Waals surface area contributed by atoms with Gasteiger partial charge in [-0.1, -0.05) is 48.5 Å². The highest BCUT2D eigenvalue weighted by molar-refractivity contribution is 6.10. The Labute approximate surface area is 196 Å². The quantitative estimate of drug-likeness (QED) is 0.294. The van der Waals surface area contributed by atoms with Crippen molar-refractivity contribution in [3.63, 3.8) is 0 Å². The second kappa shape index (κ2) is 10.2. The zero-order valence-electron chi connectivity index (χ0n) is 18.1. The highest BCUT2D eigenvalue weighted by Gasteiger charge is 2.14. The van der Waals surface area contributed by atoms with Crippen LogP contribution in [0.1, 0.15) is 11.1 Å². The number of aromatic nitrogens is 1. The number of benzene rings is 3. The van der Waals surface area contributed by atoms with Crippen LogP contribution in [-0.4, -0.2) is 21.6 Å². The number of fused-ring (bicyclic) bond motifs is 1. The lowest BCUT2D eigenvalue weighted by Gasteiger charge is -2.08. The Morgan fingerprint density at radius 2 is 1.71 bits per heavy atom. The fourth-order valence-electron chi connectivity index (χ4n) is 3.54. The van der Waals surface area contributed by atoms with Crippen LogP contribution in [0, 0.1) is 11.3 Å². The molecule has 1 amide bonds. The monoisotopic (exact) mass is 451 g/mol. The smallest absolute Gasteiger partial charge is 0.323 e. The lowest BCUT2D eigenvalue weighted by Crippen LogP contribution is -2.13. The Bertz CT molecular complexity index is 1400. The van der Waals surface area contributed by atoms with E-state index in [1.807, 2.05) is 48.5 Å². The molecule has 1 aromatic heterocycles. The molecule has 0 aliphatic rings. The molecule has 2 N–H and O–H groups in total. The molecule has 4 rings (SSSR count). The fourth-order valence-corrected chi connectivity index (χ4v) is 3.54. The molecule has 1 heterocycles. The van der Waals surface area contributed by atoms with Crippen LogP contribution in [0.15, 0.2) is 90.6 Å². The van der Waals surface area contributed by atoms with E-state index in [0.717, 1.165) is 10.9 Å². The van der Waals surface area contributed by atoms with E-state index in [0.29, 0.717) is 29.1 Å². The number of hydrogen-bond acceptors (Lipinski definition) is 4. The summed E-state index contributed by atoms with van der Waals surface area (Å²) < 4.78 is 7.32. The Kier molecular flexibility index (Phi) is 6.70. The van der Waals surface area contributed by atoms with Crippen molar-refractivity contribution >= 4 is 34.5 Å². The van der Waals surface area contributed by atoms with Crippen LogP contribution >= 0.6 is 0 Å². The van der Waals surface area contributed by atoms with Gasteiger partial charge in [-0.05, 0) is 42.0 Å². The highest BCUT2D eigenvalue weighted by Crippen LogP contribution is 2.24. The number of ether oxygens (including phenoxy) is 1. The first-order valence-electron chi connectivity index (χ1n) is 10.5. The summed E-state index contributed by atoms with van der Waals surface area (Å²) in [4.78, 5) is 23.9.